The van der Waals surface area contributed by atoms with E-state index in [1.165, 1.54) is 20.3 Å². The Morgan fingerprint density at radius 1 is 1.05 bits per heavy atom. The Kier molecular flexibility index (Phi) is 10.4. The van der Waals surface area contributed by atoms with Gasteiger partial charge in [-0.1, -0.05) is 57.2 Å². The van der Waals surface area contributed by atoms with Crippen LogP contribution in [0.5, 0.6) is 11.5 Å². The number of sulfonamides is 1. The molecule has 0 unspecified atom stereocenters. The van der Waals surface area contributed by atoms with E-state index in [0.29, 0.717) is 23.6 Å². The number of morpholine rings is 1. The molecule has 0 aromatic heterocycles. The smallest absolute Gasteiger partial charge is 0.330 e. The van der Waals surface area contributed by atoms with Gasteiger partial charge in [-0.3, -0.25) is 9.62 Å². The second kappa shape index (κ2) is 13.8. The van der Waals surface area contributed by atoms with Crippen molar-refractivity contribution in [2.24, 2.45) is 0 Å². The molecular weight excluding hydrogens is 568 g/mol. The molecule has 4 rings (SSSR count). The van der Waals surface area contributed by atoms with E-state index >= 15 is 0 Å². The largest absolute Gasteiger partial charge is 0.494 e. The number of hydrogen-bond donors (Lipinski definition) is 1. The molecule has 43 heavy (non-hydrogen) atoms. The van der Waals surface area contributed by atoms with E-state index < -0.39 is 16.0 Å². The van der Waals surface area contributed by atoms with Crippen LogP contribution in [0.3, 0.4) is 0 Å². The molecule has 0 atom stereocenters. The first-order chi connectivity index (χ1) is 20.4. The first kappa shape index (κ1) is 32.3. The third-order valence-electron chi connectivity index (χ3n) is 7.40. The predicted molar refractivity (Wildman–Crippen MR) is 171 cm³/mol. The third-order valence-corrected chi connectivity index (χ3v) is 8.00. The Morgan fingerprint density at radius 3 is 2.37 bits per heavy atom. The van der Waals surface area contributed by atoms with E-state index in [9.17, 15) is 13.2 Å². The number of fused-ring (bicyclic) bond motifs is 1. The zero-order valence-electron chi connectivity index (χ0n) is 25.9. The van der Waals surface area contributed by atoms with E-state index in [1.807, 2.05) is 42.5 Å². The molecule has 9 nitrogen and oxygen atoms in total. The number of methoxy groups -OCH3 is 2. The highest BCUT2D eigenvalue weighted by Crippen LogP contribution is 2.40. The summed E-state index contributed by atoms with van der Waals surface area (Å²) in [6, 6.07) is 15.6. The minimum absolute atomic E-state index is 0.280. The van der Waals surface area contributed by atoms with E-state index in [2.05, 4.69) is 30.4 Å². The summed E-state index contributed by atoms with van der Waals surface area (Å²) in [5.41, 5.74) is 3.24. The molecule has 1 aliphatic heterocycles. The summed E-state index contributed by atoms with van der Waals surface area (Å²) in [5, 5.41) is 1.84. The van der Waals surface area contributed by atoms with Crippen LogP contribution in [0, 0.1) is 0 Å². The molecule has 0 aliphatic carbocycles. The first-order valence-corrected chi connectivity index (χ1v) is 16.2. The van der Waals surface area contributed by atoms with Crippen molar-refractivity contribution < 1.29 is 32.2 Å². The Hall–Kier alpha value is -3.60. The number of nitrogens with one attached hydrogen (secondary N) is 1. The van der Waals surface area contributed by atoms with Crippen LogP contribution in [0.25, 0.3) is 16.3 Å². The summed E-state index contributed by atoms with van der Waals surface area (Å²) in [5.74, 6) is 0.656. The number of hydrogen-bond acceptors (Lipinski definition) is 8. The molecule has 1 heterocycles. The van der Waals surface area contributed by atoms with Crippen LogP contribution in [0.15, 0.2) is 54.6 Å². The molecule has 1 saturated heterocycles. The molecule has 0 spiro atoms. The number of rotatable bonds is 11. The van der Waals surface area contributed by atoms with Crippen molar-refractivity contribution in [1.82, 2.24) is 4.90 Å². The monoisotopic (exact) mass is 610 g/mol. The molecule has 1 aliphatic rings. The summed E-state index contributed by atoms with van der Waals surface area (Å²) < 4.78 is 49.6. The van der Waals surface area contributed by atoms with Gasteiger partial charge in [0.1, 0.15) is 18.1 Å². The number of esters is 1. The number of nitrogens with zero attached hydrogens (tertiary/aromatic N) is 1. The van der Waals surface area contributed by atoms with Gasteiger partial charge in [0.2, 0.25) is 10.0 Å². The second-order valence-corrected chi connectivity index (χ2v) is 13.4. The summed E-state index contributed by atoms with van der Waals surface area (Å²) in [6.45, 7) is 10.8. The lowest BCUT2D eigenvalue weighted by Crippen LogP contribution is -2.38. The van der Waals surface area contributed by atoms with Gasteiger partial charge >= 0.3 is 5.97 Å². The maximum absolute atomic E-state index is 12.7. The number of benzene rings is 3. The highest BCUT2D eigenvalue weighted by molar-refractivity contribution is 7.92. The number of carbonyl (C=O) groups is 1. The van der Waals surface area contributed by atoms with Crippen LogP contribution < -0.4 is 14.2 Å². The summed E-state index contributed by atoms with van der Waals surface area (Å²) in [4.78, 5) is 15.0. The lowest BCUT2D eigenvalue weighted by molar-refractivity contribution is -0.134. The quantitative estimate of drug-likeness (QED) is 0.238. The molecule has 10 heteroatoms. The van der Waals surface area contributed by atoms with Gasteiger partial charge in [0.15, 0.2) is 0 Å². The van der Waals surface area contributed by atoms with Crippen molar-refractivity contribution >= 4 is 38.0 Å². The van der Waals surface area contributed by atoms with Gasteiger partial charge < -0.3 is 18.9 Å². The molecule has 0 radical (unpaired) electrons. The van der Waals surface area contributed by atoms with Gasteiger partial charge in [-0.2, -0.15) is 0 Å². The number of anilines is 1. The second-order valence-electron chi connectivity index (χ2n) is 11.7. The fraction of sp³-hybridized carbons (Fsp3) is 0.424. The maximum atomic E-state index is 12.7. The van der Waals surface area contributed by atoms with Crippen LogP contribution >= 0.6 is 0 Å². The Labute approximate surface area is 254 Å². The Morgan fingerprint density at radius 2 is 1.74 bits per heavy atom. The van der Waals surface area contributed by atoms with Crippen LogP contribution in [0.2, 0.25) is 0 Å². The van der Waals surface area contributed by atoms with Crippen LogP contribution in [0.1, 0.15) is 37.5 Å². The van der Waals surface area contributed by atoms with Gasteiger partial charge in [-0.05, 0) is 39.6 Å². The molecule has 3 aromatic carbocycles. The highest BCUT2D eigenvalue weighted by Gasteiger charge is 2.23. The van der Waals surface area contributed by atoms with Crippen molar-refractivity contribution in [1.29, 1.82) is 0 Å². The molecular formula is C33H42N2O7S. The van der Waals surface area contributed by atoms with Crippen LogP contribution in [-0.2, 0) is 36.1 Å². The van der Waals surface area contributed by atoms with Crippen LogP contribution in [-0.4, -0.2) is 79.2 Å². The number of ether oxygens (including phenoxy) is 4. The highest BCUT2D eigenvalue weighted by atomic mass is 32.2. The molecule has 3 aromatic rings. The topological polar surface area (TPSA) is 103 Å². The average Bonchev–Trinajstić information content (AvgIpc) is 2.96. The number of allylic oxidation sites excluding steroid dienone is 1. The Balaban J connectivity index is 1.77. The minimum atomic E-state index is -3.58. The van der Waals surface area contributed by atoms with Crippen LogP contribution in [0.4, 0.5) is 5.69 Å². The van der Waals surface area contributed by atoms with Crippen molar-refractivity contribution in [2.45, 2.75) is 32.6 Å². The first-order valence-electron chi connectivity index (χ1n) is 14.3. The zero-order chi connectivity index (χ0) is 31.2. The molecule has 0 saturated carbocycles. The predicted octanol–water partition coefficient (Wildman–Crippen LogP) is 5.03. The lowest BCUT2D eigenvalue weighted by atomic mass is 9.84. The standard InChI is InChI=1S/C33H42N2O7S/c1-33(2,3)25-20-24(32(40-5)29(22-25)34-43(6,37)38)19-23(21-31(36)39-4)26-11-12-30(28-10-8-7-9-27(26)28)42-18-15-35-13-16-41-17-14-35/h7-12,20-22,34H,13-19H2,1-6H3. The van der Waals surface area contributed by atoms with Gasteiger partial charge in [0.05, 0.1) is 39.4 Å². The van der Waals surface area contributed by atoms with Crippen molar-refractivity contribution in [3.63, 3.8) is 0 Å². The van der Waals surface area contributed by atoms with E-state index in [-0.39, 0.29) is 11.8 Å². The number of carbonyl (C=O) groups excluding carboxylic acids is 1. The van der Waals surface area contributed by atoms with E-state index in [4.69, 9.17) is 18.9 Å². The fourth-order valence-corrected chi connectivity index (χ4v) is 5.74. The summed E-state index contributed by atoms with van der Waals surface area (Å²) in [6.07, 6.45) is 2.87. The molecule has 1 N–H and O–H groups in total. The van der Waals surface area contributed by atoms with Gasteiger partial charge in [0, 0.05) is 43.1 Å². The van der Waals surface area contributed by atoms with Gasteiger partial charge in [-0.15, -0.1) is 0 Å². The normalized spacial score (nSPS) is 14.9. The van der Waals surface area contributed by atoms with Crippen molar-refractivity contribution in [3.8, 4) is 11.5 Å². The summed E-state index contributed by atoms with van der Waals surface area (Å²) in [7, 11) is -0.736. The Bertz CT molecular complexity index is 1590. The molecule has 0 bridgehead atoms. The SMILES string of the molecule is COC(=O)C=C(Cc1cc(C(C)(C)C)cc(NS(C)(=O)=O)c1OC)c1ccc(OCCN2CCOCC2)c2ccccc12. The average molecular weight is 611 g/mol. The van der Waals surface area contributed by atoms with Crippen molar-refractivity contribution in [3.05, 3.63) is 71.3 Å². The third kappa shape index (κ3) is 8.49. The lowest BCUT2D eigenvalue weighted by Gasteiger charge is -2.26. The van der Waals surface area contributed by atoms with Gasteiger partial charge in [0.25, 0.3) is 0 Å². The summed E-state index contributed by atoms with van der Waals surface area (Å²) >= 11 is 0. The molecule has 0 amide bonds. The fourth-order valence-electron chi connectivity index (χ4n) is 5.19. The molecule has 1 fully saturated rings. The van der Waals surface area contributed by atoms with Crippen molar-refractivity contribution in [2.75, 3.05) is 64.7 Å². The zero-order valence-corrected chi connectivity index (χ0v) is 26.7. The molecule has 232 valence electrons. The minimum Gasteiger partial charge on any atom is -0.494 e. The van der Waals surface area contributed by atoms with E-state index in [0.717, 1.165) is 72.3 Å². The van der Waals surface area contributed by atoms with E-state index in [1.54, 1.807) is 6.07 Å². The maximum Gasteiger partial charge on any atom is 0.330 e. The van der Waals surface area contributed by atoms with Gasteiger partial charge in [-0.25, -0.2) is 13.2 Å².